The molecule has 0 saturated carbocycles. The van der Waals surface area contributed by atoms with Crippen LogP contribution in [-0.4, -0.2) is 32.5 Å². The van der Waals surface area contributed by atoms with E-state index in [0.717, 1.165) is 17.9 Å². The molecule has 1 aliphatic heterocycles. The van der Waals surface area contributed by atoms with Gasteiger partial charge in [-0.2, -0.15) is 11.8 Å². The van der Waals surface area contributed by atoms with Crippen LogP contribution in [0.2, 0.25) is 0 Å². The zero-order valence-electron chi connectivity index (χ0n) is 12.8. The number of hydrogen-bond donors (Lipinski definition) is 2. The van der Waals surface area contributed by atoms with E-state index >= 15 is 0 Å². The summed E-state index contributed by atoms with van der Waals surface area (Å²) in [5, 5.41) is 3.22. The zero-order valence-corrected chi connectivity index (χ0v) is 14.4. The predicted octanol–water partition coefficient (Wildman–Crippen LogP) is 2.12. The first-order valence-corrected chi connectivity index (χ1v) is 9.92. The Hall–Kier alpha value is -0.500. The number of rotatable bonds is 7. The Morgan fingerprint density at radius 2 is 2.24 bits per heavy atom. The van der Waals surface area contributed by atoms with E-state index in [9.17, 15) is 8.42 Å². The monoisotopic (exact) mass is 332 g/mol. The highest BCUT2D eigenvalue weighted by molar-refractivity contribution is 7.99. The lowest BCUT2D eigenvalue weighted by Crippen LogP contribution is -2.29. The van der Waals surface area contributed by atoms with E-state index in [4.69, 9.17) is 4.42 Å². The summed E-state index contributed by atoms with van der Waals surface area (Å²) < 4.78 is 33.0. The van der Waals surface area contributed by atoms with Crippen LogP contribution in [0.15, 0.2) is 15.4 Å². The van der Waals surface area contributed by atoms with E-state index in [0.29, 0.717) is 36.6 Å². The van der Waals surface area contributed by atoms with Gasteiger partial charge in [0.15, 0.2) is 0 Å². The Balaban J connectivity index is 2.01. The second-order valence-electron chi connectivity index (χ2n) is 5.75. The van der Waals surface area contributed by atoms with Gasteiger partial charge < -0.3 is 9.73 Å². The average molecular weight is 332 g/mol. The fourth-order valence-corrected chi connectivity index (χ4v) is 4.83. The van der Waals surface area contributed by atoms with Gasteiger partial charge in [-0.1, -0.05) is 13.8 Å². The van der Waals surface area contributed by atoms with Crippen molar-refractivity contribution in [3.63, 3.8) is 0 Å². The number of furan rings is 1. The summed E-state index contributed by atoms with van der Waals surface area (Å²) >= 11 is 1.88. The number of sulfonamides is 1. The maximum Gasteiger partial charge on any atom is 0.244 e. The summed E-state index contributed by atoms with van der Waals surface area (Å²) in [4.78, 5) is 0.258. The van der Waals surface area contributed by atoms with Crippen molar-refractivity contribution in [3.8, 4) is 0 Å². The van der Waals surface area contributed by atoms with Gasteiger partial charge in [-0.3, -0.25) is 0 Å². The van der Waals surface area contributed by atoms with Gasteiger partial charge in [0.1, 0.15) is 16.4 Å². The Morgan fingerprint density at radius 1 is 1.48 bits per heavy atom. The third kappa shape index (κ3) is 4.74. The minimum atomic E-state index is -3.48. The molecule has 1 unspecified atom stereocenters. The van der Waals surface area contributed by atoms with Crippen molar-refractivity contribution < 1.29 is 12.8 Å². The molecular weight excluding hydrogens is 308 g/mol. The molecule has 1 fully saturated rings. The minimum Gasteiger partial charge on any atom is -0.464 e. The molecular formula is C14H24N2O3S2. The van der Waals surface area contributed by atoms with Crippen molar-refractivity contribution in [1.82, 2.24) is 10.0 Å². The molecule has 2 N–H and O–H groups in total. The smallest absolute Gasteiger partial charge is 0.244 e. The zero-order chi connectivity index (χ0) is 15.5. The summed E-state index contributed by atoms with van der Waals surface area (Å²) in [7, 11) is -3.48. The maximum absolute atomic E-state index is 12.4. The van der Waals surface area contributed by atoms with Gasteiger partial charge in [-0.15, -0.1) is 0 Å². The third-order valence-corrected chi connectivity index (χ3v) is 6.25. The summed E-state index contributed by atoms with van der Waals surface area (Å²) in [5.41, 5.74) is 0. The summed E-state index contributed by atoms with van der Waals surface area (Å²) in [6.45, 7) is 6.81. The lowest BCUT2D eigenvalue weighted by atomic mass is 10.1. The lowest BCUT2D eigenvalue weighted by molar-refractivity contribution is 0.444. The quantitative estimate of drug-likeness (QED) is 0.800. The number of hydrogen-bond acceptors (Lipinski definition) is 5. The van der Waals surface area contributed by atoms with Crippen molar-refractivity contribution in [2.75, 3.05) is 18.1 Å². The van der Waals surface area contributed by atoms with Gasteiger partial charge in [0, 0.05) is 18.7 Å². The van der Waals surface area contributed by atoms with Crippen LogP contribution in [0.5, 0.6) is 0 Å². The number of nitrogens with one attached hydrogen (secondary N) is 2. The lowest BCUT2D eigenvalue weighted by Gasteiger charge is -2.09. The predicted molar refractivity (Wildman–Crippen MR) is 86.0 cm³/mol. The molecule has 0 radical (unpaired) electrons. The Kier molecular flexibility index (Phi) is 5.76. The summed E-state index contributed by atoms with van der Waals surface area (Å²) in [6.07, 6.45) is 1.08. The first-order chi connectivity index (χ1) is 9.88. The molecule has 120 valence electrons. The first-order valence-electron chi connectivity index (χ1n) is 7.28. The van der Waals surface area contributed by atoms with Crippen LogP contribution in [0.3, 0.4) is 0 Å². The van der Waals surface area contributed by atoms with Crippen LogP contribution >= 0.6 is 11.8 Å². The van der Waals surface area contributed by atoms with E-state index < -0.39 is 10.0 Å². The average Bonchev–Trinajstić information content (AvgIpc) is 3.03. The third-order valence-electron chi connectivity index (χ3n) is 3.48. The highest BCUT2D eigenvalue weighted by Gasteiger charge is 2.24. The highest BCUT2D eigenvalue weighted by atomic mass is 32.2. The molecule has 5 nitrogen and oxygen atoms in total. The molecule has 0 spiro atoms. The van der Waals surface area contributed by atoms with Crippen LogP contribution in [0, 0.1) is 12.8 Å². The van der Waals surface area contributed by atoms with Crippen molar-refractivity contribution in [2.45, 2.75) is 44.7 Å². The van der Waals surface area contributed by atoms with Crippen molar-refractivity contribution in [2.24, 2.45) is 5.92 Å². The van der Waals surface area contributed by atoms with Crippen molar-refractivity contribution >= 4 is 21.8 Å². The van der Waals surface area contributed by atoms with Crippen LogP contribution in [0.25, 0.3) is 0 Å². The summed E-state index contributed by atoms with van der Waals surface area (Å²) in [5.74, 6) is 3.71. The molecule has 1 atom stereocenters. The van der Waals surface area contributed by atoms with Gasteiger partial charge in [-0.05, 0) is 30.8 Å². The molecule has 0 amide bonds. The van der Waals surface area contributed by atoms with Gasteiger partial charge in [0.25, 0.3) is 0 Å². The van der Waals surface area contributed by atoms with Gasteiger partial charge >= 0.3 is 0 Å². The SMILES string of the molecule is Cc1oc(CNC(C)C)cc1S(=O)(=O)NCC1CCSC1. The topological polar surface area (TPSA) is 71.3 Å². The molecule has 0 bridgehead atoms. The van der Waals surface area contributed by atoms with Crippen molar-refractivity contribution in [1.29, 1.82) is 0 Å². The Labute approximate surface area is 131 Å². The summed E-state index contributed by atoms with van der Waals surface area (Å²) in [6, 6.07) is 1.95. The minimum absolute atomic E-state index is 0.258. The highest BCUT2D eigenvalue weighted by Crippen LogP contribution is 2.24. The molecule has 1 aromatic heterocycles. The van der Waals surface area contributed by atoms with Crippen molar-refractivity contribution in [3.05, 3.63) is 17.6 Å². The van der Waals surface area contributed by atoms with E-state index in [1.54, 1.807) is 13.0 Å². The molecule has 1 aliphatic rings. The fraction of sp³-hybridized carbons (Fsp3) is 0.714. The Bertz CT molecular complexity index is 561. The number of aryl methyl sites for hydroxylation is 1. The molecule has 7 heteroatoms. The van der Waals surface area contributed by atoms with Gasteiger partial charge in [0.05, 0.1) is 6.54 Å². The number of thioether (sulfide) groups is 1. The molecule has 2 rings (SSSR count). The Morgan fingerprint density at radius 3 is 2.86 bits per heavy atom. The van der Waals surface area contributed by atoms with Crippen LogP contribution in [-0.2, 0) is 16.6 Å². The molecule has 1 saturated heterocycles. The van der Waals surface area contributed by atoms with Gasteiger partial charge in [0.2, 0.25) is 10.0 Å². The molecule has 21 heavy (non-hydrogen) atoms. The van der Waals surface area contributed by atoms with E-state index in [-0.39, 0.29) is 4.90 Å². The molecule has 0 aliphatic carbocycles. The largest absolute Gasteiger partial charge is 0.464 e. The van der Waals surface area contributed by atoms with Crippen LogP contribution in [0.4, 0.5) is 0 Å². The second kappa shape index (κ2) is 7.17. The molecule has 1 aromatic rings. The maximum atomic E-state index is 12.4. The molecule has 2 heterocycles. The van der Waals surface area contributed by atoms with E-state index in [1.165, 1.54) is 0 Å². The molecule has 0 aromatic carbocycles. The second-order valence-corrected chi connectivity index (χ2v) is 8.64. The van der Waals surface area contributed by atoms with Gasteiger partial charge in [-0.25, -0.2) is 13.1 Å². The standard InChI is InChI=1S/C14H24N2O3S2/c1-10(2)15-8-13-6-14(11(3)19-13)21(17,18)16-7-12-4-5-20-9-12/h6,10,12,15-16H,4-5,7-9H2,1-3H3. The van der Waals surface area contributed by atoms with Crippen LogP contribution in [0.1, 0.15) is 31.8 Å². The normalized spacial score (nSPS) is 19.5. The van der Waals surface area contributed by atoms with Crippen LogP contribution < -0.4 is 10.0 Å². The van der Waals surface area contributed by atoms with E-state index in [1.807, 2.05) is 25.6 Å². The fourth-order valence-electron chi connectivity index (χ4n) is 2.23. The first kappa shape index (κ1) is 16.9. The van der Waals surface area contributed by atoms with E-state index in [2.05, 4.69) is 10.0 Å².